The zero-order valence-electron chi connectivity index (χ0n) is 17.4. The van der Waals surface area contributed by atoms with Crippen LogP contribution < -0.4 is 20.2 Å². The van der Waals surface area contributed by atoms with Gasteiger partial charge >= 0.3 is 5.69 Å². The number of thiocarbonyl (C=S) groups is 1. The smallest absolute Gasteiger partial charge is 0.315 e. The van der Waals surface area contributed by atoms with Gasteiger partial charge in [0.1, 0.15) is 0 Å². The molecule has 1 fully saturated rings. The van der Waals surface area contributed by atoms with E-state index in [-0.39, 0.29) is 11.4 Å². The molecule has 1 aliphatic heterocycles. The Kier molecular flexibility index (Phi) is 10.3. The van der Waals surface area contributed by atoms with Crippen molar-refractivity contribution in [3.05, 3.63) is 27.8 Å². The highest BCUT2D eigenvalue weighted by atomic mass is 32.1. The summed E-state index contributed by atoms with van der Waals surface area (Å²) in [6, 6.07) is 3.05. The Morgan fingerprint density at radius 3 is 2.80 bits per heavy atom. The maximum absolute atomic E-state index is 11.5. The first-order valence-corrected chi connectivity index (χ1v) is 10.4. The highest BCUT2D eigenvalue weighted by molar-refractivity contribution is 7.80. The van der Waals surface area contributed by atoms with Gasteiger partial charge in [0.25, 0.3) is 0 Å². The van der Waals surface area contributed by atoms with E-state index >= 15 is 0 Å². The molecule has 0 atom stereocenters. The van der Waals surface area contributed by atoms with Crippen LogP contribution in [0, 0.1) is 10.1 Å². The van der Waals surface area contributed by atoms with E-state index < -0.39 is 4.92 Å². The summed E-state index contributed by atoms with van der Waals surface area (Å²) < 4.78 is 16.4. The Balaban J connectivity index is 1.95. The van der Waals surface area contributed by atoms with Gasteiger partial charge in [-0.05, 0) is 31.6 Å². The van der Waals surface area contributed by atoms with Crippen LogP contribution in [0.15, 0.2) is 17.2 Å². The summed E-state index contributed by atoms with van der Waals surface area (Å²) in [5.74, 6) is 0.446. The molecule has 1 heterocycles. The Labute approximate surface area is 181 Å². The molecule has 1 aliphatic rings. The van der Waals surface area contributed by atoms with Gasteiger partial charge in [0.05, 0.1) is 37.6 Å². The van der Waals surface area contributed by atoms with Crippen LogP contribution in [0.1, 0.15) is 25.8 Å². The van der Waals surface area contributed by atoms with Gasteiger partial charge in [0.2, 0.25) is 5.75 Å². The van der Waals surface area contributed by atoms with E-state index in [0.29, 0.717) is 36.2 Å². The third kappa shape index (κ3) is 7.73. The van der Waals surface area contributed by atoms with E-state index in [9.17, 15) is 10.1 Å². The molecule has 0 aliphatic carbocycles. The third-order valence-corrected chi connectivity index (χ3v) is 4.44. The Morgan fingerprint density at radius 1 is 1.37 bits per heavy atom. The summed E-state index contributed by atoms with van der Waals surface area (Å²) in [6.07, 6.45) is 2.18. The molecule has 1 saturated heterocycles. The van der Waals surface area contributed by atoms with Crippen LogP contribution in [0.25, 0.3) is 0 Å². The van der Waals surface area contributed by atoms with Crippen LogP contribution in [0.4, 0.5) is 5.69 Å². The molecule has 10 nitrogen and oxygen atoms in total. The largest absolute Gasteiger partial charge is 0.490 e. The predicted octanol–water partition coefficient (Wildman–Crippen LogP) is 1.91. The zero-order valence-corrected chi connectivity index (χ0v) is 18.2. The number of hydrogen-bond acceptors (Lipinski definition) is 8. The number of nitrogens with zero attached hydrogens (tertiary/aromatic N) is 3. The molecular formula is C19H29N5O5S. The van der Waals surface area contributed by atoms with Crippen LogP contribution in [0.5, 0.6) is 11.5 Å². The Bertz CT molecular complexity index is 740. The maximum atomic E-state index is 11.5. The van der Waals surface area contributed by atoms with E-state index in [4.69, 9.17) is 26.4 Å². The number of morpholine rings is 1. The van der Waals surface area contributed by atoms with Gasteiger partial charge in [-0.2, -0.15) is 5.10 Å². The molecular weight excluding hydrogens is 410 g/mol. The van der Waals surface area contributed by atoms with Gasteiger partial charge in [0, 0.05) is 37.8 Å². The minimum absolute atomic E-state index is 0.133. The van der Waals surface area contributed by atoms with E-state index in [1.807, 2.05) is 6.92 Å². The zero-order chi connectivity index (χ0) is 21.8. The molecule has 0 unspecified atom stereocenters. The van der Waals surface area contributed by atoms with Gasteiger partial charge in [-0.1, -0.05) is 6.92 Å². The highest BCUT2D eigenvalue weighted by Crippen LogP contribution is 2.38. The average Bonchev–Trinajstić information content (AvgIpc) is 2.73. The first kappa shape index (κ1) is 23.8. The van der Waals surface area contributed by atoms with Crippen molar-refractivity contribution in [2.75, 3.05) is 52.6 Å². The fourth-order valence-electron chi connectivity index (χ4n) is 2.79. The Morgan fingerprint density at radius 2 is 2.13 bits per heavy atom. The van der Waals surface area contributed by atoms with Crippen LogP contribution >= 0.6 is 12.2 Å². The number of hydrazone groups is 1. The van der Waals surface area contributed by atoms with Crippen molar-refractivity contribution in [1.29, 1.82) is 0 Å². The van der Waals surface area contributed by atoms with Crippen LogP contribution in [-0.4, -0.2) is 73.8 Å². The van der Waals surface area contributed by atoms with Gasteiger partial charge in [-0.3, -0.25) is 20.4 Å². The van der Waals surface area contributed by atoms with E-state index in [1.165, 1.54) is 12.3 Å². The molecule has 30 heavy (non-hydrogen) atoms. The average molecular weight is 440 g/mol. The standard InChI is InChI=1S/C19H29N5O5S/c1-3-9-29-18-16(24(25)26)12-15(13-17(18)28-4-2)14-21-22-19(30)20-5-6-23-7-10-27-11-8-23/h12-14H,3-11H2,1-2H3,(H2,20,22,30)/b21-14+. The molecule has 166 valence electrons. The molecule has 0 bridgehead atoms. The molecule has 11 heteroatoms. The number of ether oxygens (including phenoxy) is 3. The number of nitro groups is 1. The molecule has 0 spiro atoms. The van der Waals surface area contributed by atoms with Gasteiger partial charge in [-0.25, -0.2) is 0 Å². The van der Waals surface area contributed by atoms with Crippen molar-refractivity contribution in [1.82, 2.24) is 15.6 Å². The normalized spacial score (nSPS) is 14.5. The third-order valence-electron chi connectivity index (χ3n) is 4.20. The molecule has 0 radical (unpaired) electrons. The van der Waals surface area contributed by atoms with Crippen molar-refractivity contribution in [2.24, 2.45) is 5.10 Å². The number of nitrogens with one attached hydrogen (secondary N) is 2. The topological polar surface area (TPSA) is 110 Å². The Hall–Kier alpha value is -2.50. The van der Waals surface area contributed by atoms with E-state index in [1.54, 1.807) is 13.0 Å². The van der Waals surface area contributed by atoms with Gasteiger partial charge in [-0.15, -0.1) is 0 Å². The summed E-state index contributed by atoms with van der Waals surface area (Å²) in [5.41, 5.74) is 3.06. The fourth-order valence-corrected chi connectivity index (χ4v) is 2.94. The molecule has 2 rings (SSSR count). The first-order valence-electron chi connectivity index (χ1n) is 10.00. The van der Waals surface area contributed by atoms with Crippen LogP contribution in [-0.2, 0) is 4.74 Å². The second kappa shape index (κ2) is 12.9. The SMILES string of the molecule is CCCOc1c(OCC)cc(/C=N/NC(=S)NCCN2CCOCC2)cc1[N+](=O)[O-]. The lowest BCUT2D eigenvalue weighted by molar-refractivity contribution is -0.386. The van der Waals surface area contributed by atoms with E-state index in [2.05, 4.69) is 20.7 Å². The van der Waals surface area contributed by atoms with Crippen LogP contribution in [0.3, 0.4) is 0 Å². The minimum Gasteiger partial charge on any atom is -0.490 e. The van der Waals surface area contributed by atoms with Crippen molar-refractivity contribution < 1.29 is 19.1 Å². The van der Waals surface area contributed by atoms with Crippen molar-refractivity contribution in [2.45, 2.75) is 20.3 Å². The molecule has 2 N–H and O–H groups in total. The van der Waals surface area contributed by atoms with E-state index in [0.717, 1.165) is 39.3 Å². The molecule has 0 aromatic heterocycles. The lowest BCUT2D eigenvalue weighted by atomic mass is 10.2. The second-order valence-corrected chi connectivity index (χ2v) is 6.89. The van der Waals surface area contributed by atoms with Crippen LogP contribution in [0.2, 0.25) is 0 Å². The number of benzene rings is 1. The molecule has 1 aromatic rings. The quantitative estimate of drug-likeness (QED) is 0.231. The maximum Gasteiger partial charge on any atom is 0.315 e. The molecule has 1 aromatic carbocycles. The summed E-state index contributed by atoms with van der Waals surface area (Å²) in [5, 5.41) is 19.0. The highest BCUT2D eigenvalue weighted by Gasteiger charge is 2.22. The summed E-state index contributed by atoms with van der Waals surface area (Å²) in [6.45, 7) is 9.34. The number of nitro benzene ring substituents is 1. The van der Waals surface area contributed by atoms with Crippen molar-refractivity contribution >= 4 is 29.2 Å². The predicted molar refractivity (Wildman–Crippen MR) is 119 cm³/mol. The second-order valence-electron chi connectivity index (χ2n) is 6.49. The molecule has 0 saturated carbocycles. The number of hydrogen-bond donors (Lipinski definition) is 2. The number of rotatable bonds is 11. The fraction of sp³-hybridized carbons (Fsp3) is 0.579. The van der Waals surface area contributed by atoms with Crippen molar-refractivity contribution in [3.63, 3.8) is 0 Å². The molecule has 0 amide bonds. The minimum atomic E-state index is -0.490. The van der Waals surface area contributed by atoms with Gasteiger partial charge < -0.3 is 19.5 Å². The first-order chi connectivity index (χ1) is 14.5. The summed E-state index contributed by atoms with van der Waals surface area (Å²) in [4.78, 5) is 13.3. The summed E-state index contributed by atoms with van der Waals surface area (Å²) >= 11 is 5.21. The lowest BCUT2D eigenvalue weighted by Gasteiger charge is -2.26. The summed E-state index contributed by atoms with van der Waals surface area (Å²) in [7, 11) is 0. The van der Waals surface area contributed by atoms with Crippen molar-refractivity contribution in [3.8, 4) is 11.5 Å². The lowest BCUT2D eigenvalue weighted by Crippen LogP contribution is -2.42. The monoisotopic (exact) mass is 439 g/mol. The van der Waals surface area contributed by atoms with Gasteiger partial charge in [0.15, 0.2) is 10.9 Å².